The first-order chi connectivity index (χ1) is 19.2. The molecule has 1 amide bonds. The summed E-state index contributed by atoms with van der Waals surface area (Å²) in [6, 6.07) is 19.1. The lowest BCUT2D eigenvalue weighted by atomic mass is 10.1. The first-order valence-electron chi connectivity index (χ1n) is 12.5. The maximum atomic E-state index is 13.5. The van der Waals surface area contributed by atoms with E-state index in [0.29, 0.717) is 62.1 Å². The minimum Gasteiger partial charge on any atom is -0.457 e. The number of nitrogens with one attached hydrogen (secondary N) is 1. The van der Waals surface area contributed by atoms with E-state index in [2.05, 4.69) is 10.5 Å². The Morgan fingerprint density at radius 3 is 2.40 bits per heavy atom. The van der Waals surface area contributed by atoms with Crippen LogP contribution in [0.15, 0.2) is 66.7 Å². The number of halogens is 4. The van der Waals surface area contributed by atoms with E-state index in [1.807, 2.05) is 19.1 Å². The molecule has 2 heterocycles. The second-order valence-electron chi connectivity index (χ2n) is 9.37. The largest absolute Gasteiger partial charge is 0.457 e. The van der Waals surface area contributed by atoms with Crippen LogP contribution < -0.4 is 5.43 Å². The Hall–Kier alpha value is -3.07. The number of benzene rings is 3. The average molecular weight is 618 g/mol. The van der Waals surface area contributed by atoms with E-state index >= 15 is 0 Å². The zero-order chi connectivity index (χ0) is 28.4. The molecule has 0 aliphatic carbocycles. The fraction of sp³-hybridized carbons (Fsp3) is 0.207. The van der Waals surface area contributed by atoms with Crippen LogP contribution in [0.25, 0.3) is 16.9 Å². The summed E-state index contributed by atoms with van der Waals surface area (Å²) in [6.45, 7) is 2.75. The lowest BCUT2D eigenvalue weighted by Crippen LogP contribution is -2.50. The SMILES string of the molecule is Cc1c(C(=O)NN2CCC[C@H](OC(=O)c3ccccc3Cl)C2)nn(-c2ccc(Cl)cc2Cl)c1-c1ccc(Cl)cc1. The first kappa shape index (κ1) is 28.5. The van der Waals surface area contributed by atoms with Gasteiger partial charge in [0.1, 0.15) is 6.10 Å². The van der Waals surface area contributed by atoms with Gasteiger partial charge >= 0.3 is 5.97 Å². The van der Waals surface area contributed by atoms with Gasteiger partial charge in [-0.2, -0.15) is 5.10 Å². The van der Waals surface area contributed by atoms with Gasteiger partial charge in [-0.3, -0.25) is 10.2 Å². The molecular formula is C29H24Cl4N4O3. The van der Waals surface area contributed by atoms with E-state index in [9.17, 15) is 9.59 Å². The quantitative estimate of drug-likeness (QED) is 0.228. The maximum absolute atomic E-state index is 13.5. The minimum atomic E-state index is -0.495. The van der Waals surface area contributed by atoms with Gasteiger partial charge in [0.25, 0.3) is 5.91 Å². The molecule has 1 aliphatic rings. The number of esters is 1. The molecule has 0 saturated carbocycles. The molecule has 1 fully saturated rings. The number of ether oxygens (including phenoxy) is 1. The molecule has 0 radical (unpaired) electrons. The zero-order valence-electron chi connectivity index (χ0n) is 21.3. The Morgan fingerprint density at radius 1 is 0.950 bits per heavy atom. The number of carbonyl (C=O) groups excluding carboxylic acids is 2. The van der Waals surface area contributed by atoms with E-state index in [-0.39, 0.29) is 5.69 Å². The van der Waals surface area contributed by atoms with Crippen LogP contribution in [0.2, 0.25) is 20.1 Å². The predicted octanol–water partition coefficient (Wildman–Crippen LogP) is 7.43. The predicted molar refractivity (Wildman–Crippen MR) is 158 cm³/mol. The summed E-state index contributed by atoms with van der Waals surface area (Å²) in [6.07, 6.45) is 0.991. The molecule has 7 nitrogen and oxygen atoms in total. The van der Waals surface area contributed by atoms with E-state index < -0.39 is 18.0 Å². The van der Waals surface area contributed by atoms with Gasteiger partial charge in [-0.15, -0.1) is 0 Å². The monoisotopic (exact) mass is 616 g/mol. The van der Waals surface area contributed by atoms with Gasteiger partial charge in [-0.25, -0.2) is 14.5 Å². The zero-order valence-corrected chi connectivity index (χ0v) is 24.4. The highest BCUT2D eigenvalue weighted by atomic mass is 35.5. The van der Waals surface area contributed by atoms with Crippen molar-refractivity contribution in [1.82, 2.24) is 20.2 Å². The Kier molecular flexibility index (Phi) is 8.68. The van der Waals surface area contributed by atoms with Gasteiger partial charge in [-0.05, 0) is 62.2 Å². The summed E-state index contributed by atoms with van der Waals surface area (Å²) < 4.78 is 7.33. The molecule has 11 heteroatoms. The highest BCUT2D eigenvalue weighted by molar-refractivity contribution is 6.36. The fourth-order valence-electron chi connectivity index (χ4n) is 4.66. The summed E-state index contributed by atoms with van der Waals surface area (Å²) in [5, 5.41) is 8.20. The number of aromatic nitrogens is 2. The van der Waals surface area contributed by atoms with Gasteiger partial charge < -0.3 is 4.74 Å². The summed E-state index contributed by atoms with van der Waals surface area (Å²) in [4.78, 5) is 26.2. The summed E-state index contributed by atoms with van der Waals surface area (Å²) >= 11 is 24.9. The van der Waals surface area contributed by atoms with E-state index in [0.717, 1.165) is 12.0 Å². The van der Waals surface area contributed by atoms with Gasteiger partial charge in [0.05, 0.1) is 33.5 Å². The lowest BCUT2D eigenvalue weighted by molar-refractivity contribution is -0.00203. The second-order valence-corrected chi connectivity index (χ2v) is 11.1. The van der Waals surface area contributed by atoms with E-state index in [1.54, 1.807) is 64.3 Å². The molecule has 0 bridgehead atoms. The van der Waals surface area contributed by atoms with Crippen LogP contribution in [0.5, 0.6) is 0 Å². The molecule has 206 valence electrons. The molecule has 1 aromatic heterocycles. The molecule has 1 saturated heterocycles. The van der Waals surface area contributed by atoms with Crippen LogP contribution in [0, 0.1) is 6.92 Å². The molecule has 5 rings (SSSR count). The molecule has 4 aromatic rings. The van der Waals surface area contributed by atoms with Crippen molar-refractivity contribution in [1.29, 1.82) is 0 Å². The molecular weight excluding hydrogens is 594 g/mol. The van der Waals surface area contributed by atoms with Crippen molar-refractivity contribution < 1.29 is 14.3 Å². The van der Waals surface area contributed by atoms with E-state index in [4.69, 9.17) is 51.1 Å². The number of hydrogen-bond donors (Lipinski definition) is 1. The summed E-state index contributed by atoms with van der Waals surface area (Å²) in [5.74, 6) is -0.888. The highest BCUT2D eigenvalue weighted by Gasteiger charge is 2.28. The van der Waals surface area contributed by atoms with Crippen LogP contribution in [0.4, 0.5) is 0 Å². The third-order valence-electron chi connectivity index (χ3n) is 6.60. The molecule has 40 heavy (non-hydrogen) atoms. The standard InChI is InChI=1S/C29H24Cl4N4O3/c1-17-26(28(38)35-36-14-4-5-21(16-36)40-29(39)22-6-2-3-7-23(22)32)34-37(25-13-12-20(31)15-24(25)33)27(17)18-8-10-19(30)11-9-18/h2-3,6-13,15,21H,4-5,14,16H2,1H3,(H,35,38)/t21-/m0/s1. The second kappa shape index (κ2) is 12.2. The highest BCUT2D eigenvalue weighted by Crippen LogP contribution is 2.33. The van der Waals surface area contributed by atoms with Crippen molar-refractivity contribution in [2.24, 2.45) is 0 Å². The normalized spacial score (nSPS) is 15.6. The molecule has 0 unspecified atom stereocenters. The Balaban J connectivity index is 1.39. The first-order valence-corrected chi connectivity index (χ1v) is 14.0. The third-order valence-corrected chi connectivity index (χ3v) is 7.72. The van der Waals surface area contributed by atoms with Crippen molar-refractivity contribution in [2.75, 3.05) is 13.1 Å². The van der Waals surface area contributed by atoms with Crippen LogP contribution >= 0.6 is 46.4 Å². The molecule has 1 atom stereocenters. The van der Waals surface area contributed by atoms with Gasteiger partial charge in [0.2, 0.25) is 0 Å². The molecule has 1 N–H and O–H groups in total. The Bertz CT molecular complexity index is 1570. The number of piperidine rings is 1. The Labute approximate surface area is 251 Å². The van der Waals surface area contributed by atoms with Crippen LogP contribution in [-0.2, 0) is 4.74 Å². The topological polar surface area (TPSA) is 76.5 Å². The number of carbonyl (C=O) groups is 2. The number of hydrazine groups is 1. The van der Waals surface area contributed by atoms with Crippen molar-refractivity contribution in [3.05, 3.63) is 104 Å². The van der Waals surface area contributed by atoms with Gasteiger partial charge in [0, 0.05) is 27.7 Å². The van der Waals surface area contributed by atoms with Crippen molar-refractivity contribution in [3.8, 4) is 16.9 Å². The average Bonchev–Trinajstić information content (AvgIpc) is 3.26. The third kappa shape index (κ3) is 6.14. The Morgan fingerprint density at radius 2 is 1.68 bits per heavy atom. The molecule has 3 aromatic carbocycles. The number of hydrogen-bond acceptors (Lipinski definition) is 5. The maximum Gasteiger partial charge on any atom is 0.339 e. The van der Waals surface area contributed by atoms with Crippen molar-refractivity contribution in [3.63, 3.8) is 0 Å². The van der Waals surface area contributed by atoms with Crippen LogP contribution in [0.1, 0.15) is 39.3 Å². The molecule has 0 spiro atoms. The summed E-state index contributed by atoms with van der Waals surface area (Å²) in [7, 11) is 0. The smallest absolute Gasteiger partial charge is 0.339 e. The lowest BCUT2D eigenvalue weighted by Gasteiger charge is -2.32. The number of rotatable bonds is 6. The fourth-order valence-corrected chi connectivity index (χ4v) is 5.49. The van der Waals surface area contributed by atoms with Crippen LogP contribution in [0.3, 0.4) is 0 Å². The van der Waals surface area contributed by atoms with Crippen molar-refractivity contribution >= 4 is 58.3 Å². The van der Waals surface area contributed by atoms with E-state index in [1.165, 1.54) is 0 Å². The number of amides is 1. The van der Waals surface area contributed by atoms with Crippen LogP contribution in [-0.4, -0.2) is 45.9 Å². The van der Waals surface area contributed by atoms with Gasteiger partial charge in [-0.1, -0.05) is 70.7 Å². The number of nitrogens with zero attached hydrogens (tertiary/aromatic N) is 3. The molecule has 1 aliphatic heterocycles. The van der Waals surface area contributed by atoms with Crippen molar-refractivity contribution in [2.45, 2.75) is 25.9 Å². The summed E-state index contributed by atoms with van der Waals surface area (Å²) in [5.41, 5.74) is 6.20. The van der Waals surface area contributed by atoms with Gasteiger partial charge in [0.15, 0.2) is 5.69 Å². The minimum absolute atomic E-state index is 0.228.